The molecule has 0 fully saturated rings. The average molecular weight is 236 g/mol. The van der Waals surface area contributed by atoms with Crippen molar-refractivity contribution in [3.63, 3.8) is 0 Å². The molecule has 0 atom stereocenters. The normalized spacial score (nSPS) is 10.1. The third-order valence-electron chi connectivity index (χ3n) is 2.33. The van der Waals surface area contributed by atoms with Crippen LogP contribution in [0.1, 0.15) is 42.7 Å². The lowest BCUT2D eigenvalue weighted by molar-refractivity contribution is 0.0953. The fraction of sp³-hybridized carbons (Fsp3) is 0.500. The van der Waals surface area contributed by atoms with E-state index in [4.69, 9.17) is 5.84 Å². The number of amides is 1. The van der Waals surface area contributed by atoms with E-state index in [0.29, 0.717) is 17.9 Å². The van der Waals surface area contributed by atoms with Gasteiger partial charge < -0.3 is 10.7 Å². The molecule has 0 bridgehead atoms. The summed E-state index contributed by atoms with van der Waals surface area (Å²) in [5.41, 5.74) is 3.97. The summed E-state index contributed by atoms with van der Waals surface area (Å²) in [5.74, 6) is 5.78. The number of nitrogen functional groups attached to an aromatic ring is 1. The number of hydrogen-bond donors (Lipinski definition) is 3. The van der Waals surface area contributed by atoms with E-state index in [-0.39, 0.29) is 5.91 Å². The standard InChI is InChI=1S/C12H20N4O/c1-3-5-10-7-9(8-11(15-10)16-13)12(17)14-6-4-2/h7-8H,3-6,13H2,1-2H3,(H,14,17)(H,15,16). The maximum Gasteiger partial charge on any atom is 0.251 e. The summed E-state index contributed by atoms with van der Waals surface area (Å²) in [6.07, 6.45) is 2.74. The molecule has 0 radical (unpaired) electrons. The molecule has 1 aromatic heterocycles. The highest BCUT2D eigenvalue weighted by atomic mass is 16.1. The number of aryl methyl sites for hydroxylation is 1. The first-order valence-corrected chi connectivity index (χ1v) is 5.97. The number of carbonyl (C=O) groups excluding carboxylic acids is 1. The molecule has 0 saturated heterocycles. The topological polar surface area (TPSA) is 80.0 Å². The van der Waals surface area contributed by atoms with Crippen molar-refractivity contribution in [3.8, 4) is 0 Å². The Kier molecular flexibility index (Phi) is 5.42. The molecule has 1 aromatic rings. The van der Waals surface area contributed by atoms with Crippen molar-refractivity contribution >= 4 is 11.7 Å². The molecule has 94 valence electrons. The predicted octanol–water partition coefficient (Wildman–Crippen LogP) is 1.46. The van der Waals surface area contributed by atoms with E-state index in [1.807, 2.05) is 13.0 Å². The van der Waals surface area contributed by atoms with Gasteiger partial charge in [-0.25, -0.2) is 10.8 Å². The first-order valence-electron chi connectivity index (χ1n) is 5.97. The highest BCUT2D eigenvalue weighted by Gasteiger charge is 2.08. The number of hydrogen-bond acceptors (Lipinski definition) is 4. The van der Waals surface area contributed by atoms with E-state index >= 15 is 0 Å². The number of nitrogens with two attached hydrogens (primary N) is 1. The number of nitrogens with zero attached hydrogens (tertiary/aromatic N) is 1. The van der Waals surface area contributed by atoms with E-state index in [1.165, 1.54) is 0 Å². The Bertz CT molecular complexity index is 379. The third-order valence-corrected chi connectivity index (χ3v) is 2.33. The first-order chi connectivity index (χ1) is 8.21. The van der Waals surface area contributed by atoms with Crippen LogP contribution in [0, 0.1) is 0 Å². The molecule has 0 aliphatic carbocycles. The molecular formula is C12H20N4O. The first kappa shape index (κ1) is 13.4. The SMILES string of the molecule is CCCNC(=O)c1cc(CCC)nc(NN)c1. The maximum atomic E-state index is 11.8. The molecule has 5 heteroatoms. The zero-order valence-corrected chi connectivity index (χ0v) is 10.4. The average Bonchev–Trinajstić information content (AvgIpc) is 2.35. The highest BCUT2D eigenvalue weighted by Crippen LogP contribution is 2.11. The molecule has 0 aromatic carbocycles. The lowest BCUT2D eigenvalue weighted by Crippen LogP contribution is -2.24. The van der Waals surface area contributed by atoms with Crippen molar-refractivity contribution in [1.82, 2.24) is 10.3 Å². The zero-order valence-electron chi connectivity index (χ0n) is 10.4. The minimum atomic E-state index is -0.0805. The second kappa shape index (κ2) is 6.85. The minimum absolute atomic E-state index is 0.0805. The predicted molar refractivity (Wildman–Crippen MR) is 68.7 cm³/mol. The van der Waals surface area contributed by atoms with Crippen LogP contribution < -0.4 is 16.6 Å². The summed E-state index contributed by atoms with van der Waals surface area (Å²) in [5, 5.41) is 2.83. The minimum Gasteiger partial charge on any atom is -0.352 e. The van der Waals surface area contributed by atoms with Crippen LogP contribution in [-0.2, 0) is 6.42 Å². The van der Waals surface area contributed by atoms with Gasteiger partial charge in [0.25, 0.3) is 5.91 Å². The van der Waals surface area contributed by atoms with Crippen LogP contribution in [-0.4, -0.2) is 17.4 Å². The Morgan fingerprint density at radius 1 is 1.35 bits per heavy atom. The maximum absolute atomic E-state index is 11.8. The Morgan fingerprint density at radius 3 is 2.71 bits per heavy atom. The van der Waals surface area contributed by atoms with E-state index in [2.05, 4.69) is 22.7 Å². The van der Waals surface area contributed by atoms with Crippen molar-refractivity contribution in [2.75, 3.05) is 12.0 Å². The summed E-state index contributed by atoms with van der Waals surface area (Å²) < 4.78 is 0. The molecule has 17 heavy (non-hydrogen) atoms. The fourth-order valence-corrected chi connectivity index (χ4v) is 1.52. The summed E-state index contributed by atoms with van der Waals surface area (Å²) in [6.45, 7) is 4.76. The highest BCUT2D eigenvalue weighted by molar-refractivity contribution is 5.94. The van der Waals surface area contributed by atoms with Crippen LogP contribution in [0.15, 0.2) is 12.1 Å². The van der Waals surface area contributed by atoms with Crippen molar-refractivity contribution in [3.05, 3.63) is 23.4 Å². The van der Waals surface area contributed by atoms with Crippen LogP contribution in [0.3, 0.4) is 0 Å². The van der Waals surface area contributed by atoms with Gasteiger partial charge in [-0.3, -0.25) is 4.79 Å². The number of aromatic nitrogens is 1. The lowest BCUT2D eigenvalue weighted by Gasteiger charge is -2.08. The van der Waals surface area contributed by atoms with E-state index in [1.54, 1.807) is 6.07 Å². The second-order valence-electron chi connectivity index (χ2n) is 3.88. The van der Waals surface area contributed by atoms with Crippen LogP contribution in [0.4, 0.5) is 5.82 Å². The van der Waals surface area contributed by atoms with Gasteiger partial charge in [0.1, 0.15) is 5.82 Å². The molecule has 4 N–H and O–H groups in total. The van der Waals surface area contributed by atoms with Crippen LogP contribution in [0.25, 0.3) is 0 Å². The summed E-state index contributed by atoms with van der Waals surface area (Å²) in [7, 11) is 0. The van der Waals surface area contributed by atoms with Crippen molar-refractivity contribution < 1.29 is 4.79 Å². The molecule has 0 spiro atoms. The Balaban J connectivity index is 2.89. The second-order valence-corrected chi connectivity index (χ2v) is 3.88. The molecule has 0 aliphatic rings. The number of anilines is 1. The summed E-state index contributed by atoms with van der Waals surface area (Å²) in [6, 6.07) is 3.47. The largest absolute Gasteiger partial charge is 0.352 e. The van der Waals surface area contributed by atoms with Crippen molar-refractivity contribution in [2.24, 2.45) is 5.84 Å². The van der Waals surface area contributed by atoms with E-state index in [9.17, 15) is 4.79 Å². The van der Waals surface area contributed by atoms with Crippen molar-refractivity contribution in [1.29, 1.82) is 0 Å². The van der Waals surface area contributed by atoms with Gasteiger partial charge in [-0.1, -0.05) is 20.3 Å². The zero-order chi connectivity index (χ0) is 12.7. The number of rotatable bonds is 6. The lowest BCUT2D eigenvalue weighted by atomic mass is 10.1. The number of nitrogens with one attached hydrogen (secondary N) is 2. The fourth-order valence-electron chi connectivity index (χ4n) is 1.52. The number of pyridine rings is 1. The van der Waals surface area contributed by atoms with Crippen LogP contribution >= 0.6 is 0 Å². The van der Waals surface area contributed by atoms with Crippen LogP contribution in [0.5, 0.6) is 0 Å². The van der Waals surface area contributed by atoms with E-state index in [0.717, 1.165) is 25.0 Å². The monoisotopic (exact) mass is 236 g/mol. The molecule has 0 saturated carbocycles. The Hall–Kier alpha value is -1.62. The van der Waals surface area contributed by atoms with Gasteiger partial charge in [0, 0.05) is 17.8 Å². The van der Waals surface area contributed by atoms with Gasteiger partial charge in [0.05, 0.1) is 0 Å². The van der Waals surface area contributed by atoms with Gasteiger partial charge in [-0.15, -0.1) is 0 Å². The smallest absolute Gasteiger partial charge is 0.251 e. The van der Waals surface area contributed by atoms with Gasteiger partial charge in [-0.2, -0.15) is 0 Å². The van der Waals surface area contributed by atoms with Crippen LogP contribution in [0.2, 0.25) is 0 Å². The molecular weight excluding hydrogens is 216 g/mol. The van der Waals surface area contributed by atoms with Gasteiger partial charge >= 0.3 is 0 Å². The molecule has 0 aliphatic heterocycles. The number of carbonyl (C=O) groups is 1. The molecule has 5 nitrogen and oxygen atoms in total. The van der Waals surface area contributed by atoms with Gasteiger partial charge in [0.15, 0.2) is 0 Å². The Labute approximate surface area is 102 Å². The summed E-state index contributed by atoms with van der Waals surface area (Å²) in [4.78, 5) is 16.1. The molecule has 1 heterocycles. The Morgan fingerprint density at radius 2 is 2.12 bits per heavy atom. The molecule has 1 amide bonds. The quantitative estimate of drug-likeness (QED) is 0.516. The number of hydrazine groups is 1. The van der Waals surface area contributed by atoms with Crippen molar-refractivity contribution in [2.45, 2.75) is 33.1 Å². The van der Waals surface area contributed by atoms with Gasteiger partial charge in [-0.05, 0) is 25.0 Å². The molecule has 1 rings (SSSR count). The van der Waals surface area contributed by atoms with E-state index < -0.39 is 0 Å². The summed E-state index contributed by atoms with van der Waals surface area (Å²) >= 11 is 0. The third kappa shape index (κ3) is 4.03. The molecule has 0 unspecified atom stereocenters. The van der Waals surface area contributed by atoms with Gasteiger partial charge in [0.2, 0.25) is 0 Å².